The number of benzene rings is 1. The van der Waals surface area contributed by atoms with Crippen LogP contribution in [0.4, 0.5) is 0 Å². The molecule has 1 heterocycles. The van der Waals surface area contributed by atoms with E-state index < -0.39 is 0 Å². The minimum absolute atomic E-state index is 0.131. The van der Waals surface area contributed by atoms with Gasteiger partial charge < -0.3 is 14.8 Å². The van der Waals surface area contributed by atoms with Crippen LogP contribution in [0.2, 0.25) is 0 Å². The molecule has 1 aromatic rings. The van der Waals surface area contributed by atoms with Crippen molar-refractivity contribution >= 4 is 0 Å². The fraction of sp³-hybridized carbons (Fsp3) is 0.600. The number of ether oxygens (including phenoxy) is 2. The molecular formula is C15H23NO2. The van der Waals surface area contributed by atoms with Crippen molar-refractivity contribution in [2.75, 3.05) is 19.8 Å². The van der Waals surface area contributed by atoms with Crippen LogP contribution in [0.5, 0.6) is 11.5 Å². The zero-order valence-electron chi connectivity index (χ0n) is 11.7. The first kappa shape index (κ1) is 13.2. The number of hydrogen-bond donors (Lipinski definition) is 1. The normalized spacial score (nSPS) is 16.4. The summed E-state index contributed by atoms with van der Waals surface area (Å²) in [4.78, 5) is 0. The predicted molar refractivity (Wildman–Crippen MR) is 73.3 cm³/mol. The summed E-state index contributed by atoms with van der Waals surface area (Å²) in [7, 11) is 0. The summed E-state index contributed by atoms with van der Waals surface area (Å²) in [6, 6.07) is 6.41. The summed E-state index contributed by atoms with van der Waals surface area (Å²) in [6.07, 6.45) is 0. The van der Waals surface area contributed by atoms with E-state index in [-0.39, 0.29) is 11.5 Å². The number of rotatable bonds is 3. The zero-order chi connectivity index (χ0) is 13.2. The second-order valence-corrected chi connectivity index (χ2v) is 5.73. The molecule has 100 valence electrons. The standard InChI is InChI=1S/C15H23NO2/c1-5-16-14(15(2,3)4)11-7-6-8-12-13(11)18-10-9-17-12/h6-8,14,16H,5,9-10H2,1-4H3. The minimum Gasteiger partial charge on any atom is -0.486 e. The highest BCUT2D eigenvalue weighted by Crippen LogP contribution is 2.42. The van der Waals surface area contributed by atoms with Gasteiger partial charge in [0.25, 0.3) is 0 Å². The lowest BCUT2D eigenvalue weighted by Crippen LogP contribution is -2.33. The second kappa shape index (κ2) is 5.19. The van der Waals surface area contributed by atoms with E-state index in [1.54, 1.807) is 0 Å². The molecule has 1 unspecified atom stereocenters. The molecule has 0 aliphatic carbocycles. The summed E-state index contributed by atoms with van der Waals surface area (Å²) in [6.45, 7) is 11.1. The Morgan fingerprint density at radius 1 is 1.22 bits per heavy atom. The van der Waals surface area contributed by atoms with Gasteiger partial charge in [-0.05, 0) is 18.0 Å². The molecule has 0 fully saturated rings. The van der Waals surface area contributed by atoms with Crippen LogP contribution in [0, 0.1) is 5.41 Å². The first-order valence-corrected chi connectivity index (χ1v) is 6.66. The van der Waals surface area contributed by atoms with Crippen LogP contribution in [-0.2, 0) is 0 Å². The summed E-state index contributed by atoms with van der Waals surface area (Å²) in [5, 5.41) is 3.55. The second-order valence-electron chi connectivity index (χ2n) is 5.73. The molecule has 0 saturated carbocycles. The van der Waals surface area contributed by atoms with Gasteiger partial charge in [-0.1, -0.05) is 39.8 Å². The van der Waals surface area contributed by atoms with Crippen molar-refractivity contribution in [3.63, 3.8) is 0 Å². The first-order valence-electron chi connectivity index (χ1n) is 6.66. The molecule has 0 bridgehead atoms. The van der Waals surface area contributed by atoms with Crippen molar-refractivity contribution in [1.29, 1.82) is 0 Å². The van der Waals surface area contributed by atoms with Gasteiger partial charge in [0.2, 0.25) is 0 Å². The Kier molecular flexibility index (Phi) is 3.81. The monoisotopic (exact) mass is 249 g/mol. The summed E-state index contributed by atoms with van der Waals surface area (Å²) in [5.74, 6) is 1.77. The molecule has 18 heavy (non-hydrogen) atoms. The van der Waals surface area contributed by atoms with E-state index in [4.69, 9.17) is 9.47 Å². The average molecular weight is 249 g/mol. The number of fused-ring (bicyclic) bond motifs is 1. The Bertz CT molecular complexity index is 409. The van der Waals surface area contributed by atoms with Crippen LogP contribution >= 0.6 is 0 Å². The Labute approximate surface area is 109 Å². The Balaban J connectivity index is 2.41. The molecule has 1 N–H and O–H groups in total. The van der Waals surface area contributed by atoms with Crippen molar-refractivity contribution in [1.82, 2.24) is 5.32 Å². The van der Waals surface area contributed by atoms with Gasteiger partial charge in [-0.25, -0.2) is 0 Å². The predicted octanol–water partition coefficient (Wildman–Crippen LogP) is 3.15. The molecule has 3 heteroatoms. The fourth-order valence-corrected chi connectivity index (χ4v) is 2.41. The SMILES string of the molecule is CCNC(c1cccc2c1OCCO2)C(C)(C)C. The third-order valence-electron chi connectivity index (χ3n) is 3.18. The van der Waals surface area contributed by atoms with E-state index in [9.17, 15) is 0 Å². The molecular weight excluding hydrogens is 226 g/mol. The van der Waals surface area contributed by atoms with Gasteiger partial charge in [-0.15, -0.1) is 0 Å². The molecule has 0 radical (unpaired) electrons. The fourth-order valence-electron chi connectivity index (χ4n) is 2.41. The van der Waals surface area contributed by atoms with Gasteiger partial charge in [-0.2, -0.15) is 0 Å². The highest BCUT2D eigenvalue weighted by Gasteiger charge is 2.30. The highest BCUT2D eigenvalue weighted by atomic mass is 16.6. The molecule has 0 saturated heterocycles. The molecule has 1 aromatic carbocycles. The van der Waals surface area contributed by atoms with E-state index in [0.29, 0.717) is 13.2 Å². The molecule has 0 spiro atoms. The Morgan fingerprint density at radius 3 is 2.61 bits per heavy atom. The zero-order valence-corrected chi connectivity index (χ0v) is 11.7. The van der Waals surface area contributed by atoms with E-state index in [1.807, 2.05) is 12.1 Å². The molecule has 2 rings (SSSR count). The van der Waals surface area contributed by atoms with Gasteiger partial charge in [-0.3, -0.25) is 0 Å². The average Bonchev–Trinajstić information content (AvgIpc) is 2.34. The van der Waals surface area contributed by atoms with Gasteiger partial charge >= 0.3 is 0 Å². The van der Waals surface area contributed by atoms with Gasteiger partial charge in [0.15, 0.2) is 11.5 Å². The van der Waals surface area contributed by atoms with Crippen LogP contribution in [0.3, 0.4) is 0 Å². The van der Waals surface area contributed by atoms with Gasteiger partial charge in [0.05, 0.1) is 0 Å². The van der Waals surface area contributed by atoms with Crippen LogP contribution in [0.15, 0.2) is 18.2 Å². The topological polar surface area (TPSA) is 30.5 Å². The third kappa shape index (κ3) is 2.61. The van der Waals surface area contributed by atoms with Crippen molar-refractivity contribution < 1.29 is 9.47 Å². The van der Waals surface area contributed by atoms with Crippen LogP contribution in [0.1, 0.15) is 39.3 Å². The maximum Gasteiger partial charge on any atom is 0.166 e. The minimum atomic E-state index is 0.131. The van der Waals surface area contributed by atoms with E-state index in [1.165, 1.54) is 5.56 Å². The van der Waals surface area contributed by atoms with E-state index in [2.05, 4.69) is 39.1 Å². The maximum atomic E-state index is 5.81. The molecule has 1 atom stereocenters. The Hall–Kier alpha value is -1.22. The lowest BCUT2D eigenvalue weighted by Gasteiger charge is -2.34. The van der Waals surface area contributed by atoms with Crippen molar-refractivity contribution in [2.24, 2.45) is 5.41 Å². The van der Waals surface area contributed by atoms with Crippen LogP contribution in [0.25, 0.3) is 0 Å². The summed E-state index contributed by atoms with van der Waals surface area (Å²) < 4.78 is 11.5. The lowest BCUT2D eigenvalue weighted by molar-refractivity contribution is 0.164. The molecule has 1 aliphatic rings. The third-order valence-corrected chi connectivity index (χ3v) is 3.18. The summed E-state index contributed by atoms with van der Waals surface area (Å²) >= 11 is 0. The smallest absolute Gasteiger partial charge is 0.166 e. The molecule has 3 nitrogen and oxygen atoms in total. The van der Waals surface area contributed by atoms with Crippen molar-refractivity contribution in [3.8, 4) is 11.5 Å². The lowest BCUT2D eigenvalue weighted by atomic mass is 9.82. The number of nitrogens with one attached hydrogen (secondary N) is 1. The molecule has 0 aromatic heterocycles. The van der Waals surface area contributed by atoms with E-state index >= 15 is 0 Å². The largest absolute Gasteiger partial charge is 0.486 e. The van der Waals surface area contributed by atoms with E-state index in [0.717, 1.165) is 18.0 Å². The van der Waals surface area contributed by atoms with Crippen LogP contribution in [-0.4, -0.2) is 19.8 Å². The first-order chi connectivity index (χ1) is 8.54. The maximum absolute atomic E-state index is 5.81. The molecule has 1 aliphatic heterocycles. The summed E-state index contributed by atoms with van der Waals surface area (Å²) in [5.41, 5.74) is 1.33. The van der Waals surface area contributed by atoms with Gasteiger partial charge in [0.1, 0.15) is 13.2 Å². The number of para-hydroxylation sites is 1. The quantitative estimate of drug-likeness (QED) is 0.892. The van der Waals surface area contributed by atoms with Gasteiger partial charge in [0, 0.05) is 11.6 Å². The number of hydrogen-bond acceptors (Lipinski definition) is 3. The Morgan fingerprint density at radius 2 is 1.94 bits per heavy atom. The molecule has 0 amide bonds. The van der Waals surface area contributed by atoms with Crippen molar-refractivity contribution in [3.05, 3.63) is 23.8 Å². The van der Waals surface area contributed by atoms with Crippen LogP contribution < -0.4 is 14.8 Å². The highest BCUT2D eigenvalue weighted by molar-refractivity contribution is 5.49. The van der Waals surface area contributed by atoms with Crippen molar-refractivity contribution in [2.45, 2.75) is 33.7 Å².